The Kier molecular flexibility index (Phi) is 7.63. The fourth-order valence-corrected chi connectivity index (χ4v) is 4.85. The summed E-state index contributed by atoms with van der Waals surface area (Å²) in [5.41, 5.74) is 1.54. The second-order valence-electron chi connectivity index (χ2n) is 7.47. The third-order valence-electron chi connectivity index (χ3n) is 4.87. The number of aryl methyl sites for hydroxylation is 2. The summed E-state index contributed by atoms with van der Waals surface area (Å²) in [4.78, 5) is -0.223. The molecule has 0 fully saturated rings. The van der Waals surface area contributed by atoms with Gasteiger partial charge in [0, 0.05) is 12.0 Å². The summed E-state index contributed by atoms with van der Waals surface area (Å²) < 4.78 is 88.1. The minimum absolute atomic E-state index is 0.111. The average Bonchev–Trinajstić information content (AvgIpc) is 2.75. The molecule has 176 valence electrons. The highest BCUT2D eigenvalue weighted by Gasteiger charge is 2.25. The van der Waals surface area contributed by atoms with Crippen molar-refractivity contribution in [3.8, 4) is 0 Å². The Morgan fingerprint density at radius 3 is 1.52 bits per heavy atom. The second-order valence-corrected chi connectivity index (χ2v) is 10.7. The monoisotopic (exact) mass is 496 g/mol. The van der Waals surface area contributed by atoms with Crippen LogP contribution in [0.1, 0.15) is 22.6 Å². The maximum Gasteiger partial charge on any atom is 0.296 e. The average molecular weight is 497 g/mol. The molecule has 0 aliphatic rings. The largest absolute Gasteiger partial charge is 0.296 e. The van der Waals surface area contributed by atoms with Gasteiger partial charge in [-0.3, -0.25) is 8.37 Å². The molecule has 0 N–H and O–H groups in total. The predicted molar refractivity (Wildman–Crippen MR) is 118 cm³/mol. The van der Waals surface area contributed by atoms with E-state index in [4.69, 9.17) is 8.37 Å². The van der Waals surface area contributed by atoms with E-state index in [0.29, 0.717) is 6.07 Å². The molecule has 0 saturated carbocycles. The molecule has 0 amide bonds. The van der Waals surface area contributed by atoms with E-state index in [-0.39, 0.29) is 15.4 Å². The standard InChI is InChI=1S/C23H22F2O6S2/c1-16-3-8-20(9-4-16)32(26,27)30-14-18(22-12-7-19(24)13-23(22)25)15-31-33(28,29)21-10-5-17(2)6-11-21/h3-13,18H,14-15H2,1-2H3. The first-order chi connectivity index (χ1) is 15.5. The van der Waals surface area contributed by atoms with Crippen molar-refractivity contribution in [3.05, 3.63) is 95.1 Å². The van der Waals surface area contributed by atoms with Gasteiger partial charge in [0.1, 0.15) is 11.6 Å². The van der Waals surface area contributed by atoms with E-state index in [9.17, 15) is 25.6 Å². The summed E-state index contributed by atoms with van der Waals surface area (Å²) in [5.74, 6) is -2.98. The summed E-state index contributed by atoms with van der Waals surface area (Å²) in [7, 11) is -8.43. The van der Waals surface area contributed by atoms with Gasteiger partial charge in [-0.15, -0.1) is 0 Å². The Morgan fingerprint density at radius 2 is 1.12 bits per heavy atom. The van der Waals surface area contributed by atoms with Gasteiger partial charge in [0.2, 0.25) is 0 Å². The lowest BCUT2D eigenvalue weighted by atomic mass is 10.0. The zero-order valence-corrected chi connectivity index (χ0v) is 19.5. The van der Waals surface area contributed by atoms with Crippen molar-refractivity contribution in [3.63, 3.8) is 0 Å². The molecule has 10 heteroatoms. The first kappa shape index (κ1) is 25.0. The maximum atomic E-state index is 14.4. The third kappa shape index (κ3) is 6.44. The van der Waals surface area contributed by atoms with Gasteiger partial charge in [0.05, 0.1) is 23.0 Å². The SMILES string of the molecule is Cc1ccc(S(=O)(=O)OCC(COS(=O)(=O)c2ccc(C)cc2)c2ccc(F)cc2F)cc1. The molecule has 3 aromatic carbocycles. The van der Waals surface area contributed by atoms with Crippen LogP contribution in [0.15, 0.2) is 76.5 Å². The summed E-state index contributed by atoms with van der Waals surface area (Å²) in [6.07, 6.45) is 0. The van der Waals surface area contributed by atoms with Crippen molar-refractivity contribution in [2.75, 3.05) is 13.2 Å². The van der Waals surface area contributed by atoms with Gasteiger partial charge >= 0.3 is 0 Å². The predicted octanol–water partition coefficient (Wildman–Crippen LogP) is 4.48. The number of hydrogen-bond acceptors (Lipinski definition) is 6. The lowest BCUT2D eigenvalue weighted by molar-refractivity contribution is 0.223. The second kappa shape index (κ2) is 10.1. The molecule has 0 aliphatic heterocycles. The van der Waals surface area contributed by atoms with E-state index in [1.807, 2.05) is 0 Å². The molecule has 3 aromatic rings. The van der Waals surface area contributed by atoms with Crippen LogP contribution >= 0.6 is 0 Å². The Labute approximate surface area is 192 Å². The molecule has 0 spiro atoms. The van der Waals surface area contributed by atoms with Gasteiger partial charge in [0.15, 0.2) is 0 Å². The highest BCUT2D eigenvalue weighted by molar-refractivity contribution is 7.87. The summed E-state index contributed by atoms with van der Waals surface area (Å²) in [5, 5.41) is 0. The molecule has 33 heavy (non-hydrogen) atoms. The summed E-state index contributed by atoms with van der Waals surface area (Å²) in [6.45, 7) is 2.33. The van der Waals surface area contributed by atoms with E-state index in [1.54, 1.807) is 38.1 Å². The zero-order chi connectivity index (χ0) is 24.2. The third-order valence-corrected chi connectivity index (χ3v) is 7.46. The van der Waals surface area contributed by atoms with Gasteiger partial charge in [0.25, 0.3) is 20.2 Å². The van der Waals surface area contributed by atoms with Crippen LogP contribution in [0.3, 0.4) is 0 Å². The molecule has 0 unspecified atom stereocenters. The Hall–Kier alpha value is -2.66. The molecule has 0 aromatic heterocycles. The van der Waals surface area contributed by atoms with Crippen LogP contribution in [0.5, 0.6) is 0 Å². The summed E-state index contributed by atoms with van der Waals surface area (Å²) in [6, 6.07) is 14.5. The first-order valence-corrected chi connectivity index (χ1v) is 12.7. The van der Waals surface area contributed by atoms with Crippen molar-refractivity contribution in [2.45, 2.75) is 29.6 Å². The van der Waals surface area contributed by atoms with Crippen LogP contribution in [-0.2, 0) is 28.6 Å². The van der Waals surface area contributed by atoms with Gasteiger partial charge in [-0.2, -0.15) is 16.8 Å². The van der Waals surface area contributed by atoms with Crippen molar-refractivity contribution in [1.82, 2.24) is 0 Å². The Balaban J connectivity index is 1.83. The van der Waals surface area contributed by atoms with Crippen LogP contribution in [0.25, 0.3) is 0 Å². The normalized spacial score (nSPS) is 12.3. The van der Waals surface area contributed by atoms with Crippen LogP contribution in [0.2, 0.25) is 0 Å². The first-order valence-electron chi connectivity index (χ1n) is 9.85. The van der Waals surface area contributed by atoms with E-state index >= 15 is 0 Å². The molecule has 0 bridgehead atoms. The molecule has 6 nitrogen and oxygen atoms in total. The minimum Gasteiger partial charge on any atom is -0.266 e. The highest BCUT2D eigenvalue weighted by atomic mass is 32.2. The van der Waals surface area contributed by atoms with Crippen molar-refractivity contribution >= 4 is 20.2 Å². The lowest BCUT2D eigenvalue weighted by Crippen LogP contribution is -2.21. The Morgan fingerprint density at radius 1 is 0.697 bits per heavy atom. The van der Waals surface area contributed by atoms with Gasteiger partial charge < -0.3 is 0 Å². The van der Waals surface area contributed by atoms with Crippen LogP contribution in [0, 0.1) is 25.5 Å². The highest BCUT2D eigenvalue weighted by Crippen LogP contribution is 2.25. The Bertz CT molecular complexity index is 1240. The molecule has 0 heterocycles. The molecule has 0 atom stereocenters. The topological polar surface area (TPSA) is 86.7 Å². The molecular formula is C23H22F2O6S2. The number of rotatable bonds is 9. The van der Waals surface area contributed by atoms with Gasteiger partial charge in [-0.25, -0.2) is 8.78 Å². The van der Waals surface area contributed by atoms with Crippen LogP contribution in [-0.4, -0.2) is 30.0 Å². The fourth-order valence-electron chi connectivity index (χ4n) is 2.95. The minimum atomic E-state index is -4.21. The van der Waals surface area contributed by atoms with E-state index in [2.05, 4.69) is 0 Å². The molecular weight excluding hydrogens is 474 g/mol. The van der Waals surface area contributed by atoms with E-state index in [1.165, 1.54) is 24.3 Å². The van der Waals surface area contributed by atoms with E-state index < -0.39 is 51.0 Å². The maximum absolute atomic E-state index is 14.4. The van der Waals surface area contributed by atoms with Crippen molar-refractivity contribution in [2.24, 2.45) is 0 Å². The number of halogens is 2. The van der Waals surface area contributed by atoms with Crippen LogP contribution < -0.4 is 0 Å². The lowest BCUT2D eigenvalue weighted by Gasteiger charge is -2.18. The molecule has 0 saturated heterocycles. The molecule has 3 rings (SSSR count). The summed E-state index contributed by atoms with van der Waals surface area (Å²) >= 11 is 0. The van der Waals surface area contributed by atoms with E-state index in [0.717, 1.165) is 23.3 Å². The smallest absolute Gasteiger partial charge is 0.266 e. The van der Waals surface area contributed by atoms with Crippen LogP contribution in [0.4, 0.5) is 8.78 Å². The van der Waals surface area contributed by atoms with Gasteiger partial charge in [-0.05, 0) is 49.7 Å². The number of hydrogen-bond donors (Lipinski definition) is 0. The van der Waals surface area contributed by atoms with Crippen molar-refractivity contribution in [1.29, 1.82) is 0 Å². The zero-order valence-electron chi connectivity index (χ0n) is 17.9. The van der Waals surface area contributed by atoms with Crippen molar-refractivity contribution < 1.29 is 34.0 Å². The number of benzene rings is 3. The molecule has 0 aliphatic carbocycles. The fraction of sp³-hybridized carbons (Fsp3) is 0.217. The molecule has 0 radical (unpaired) electrons. The quantitative estimate of drug-likeness (QED) is 0.406. The van der Waals surface area contributed by atoms with Gasteiger partial charge in [-0.1, -0.05) is 41.5 Å².